The summed E-state index contributed by atoms with van der Waals surface area (Å²) in [5.41, 5.74) is 0. The maximum atomic E-state index is 3.52. The first-order valence-electron chi connectivity index (χ1n) is 7.26. The van der Waals surface area contributed by atoms with Gasteiger partial charge in [0.25, 0.3) is 0 Å². The Labute approximate surface area is 102 Å². The summed E-state index contributed by atoms with van der Waals surface area (Å²) in [6.07, 6.45) is 6.90. The number of nitrogens with zero attached hydrogens (tertiary/aromatic N) is 1. The molecule has 0 amide bonds. The summed E-state index contributed by atoms with van der Waals surface area (Å²) in [5, 5.41) is 3.52. The van der Waals surface area contributed by atoms with Gasteiger partial charge in [0.2, 0.25) is 0 Å². The van der Waals surface area contributed by atoms with Crippen LogP contribution in [0.1, 0.15) is 52.9 Å². The third-order valence-electron chi connectivity index (χ3n) is 4.03. The van der Waals surface area contributed by atoms with Gasteiger partial charge in [-0.1, -0.05) is 40.0 Å². The predicted octanol–water partition coefficient (Wildman–Crippen LogP) is 2.89. The number of likely N-dealkylation sites (N-methyl/N-ethyl adjacent to an activating group) is 1. The highest BCUT2D eigenvalue weighted by atomic mass is 15.2. The largest absolute Gasteiger partial charge is 0.315 e. The average molecular weight is 226 g/mol. The molecule has 0 saturated carbocycles. The Hall–Kier alpha value is -0.0800. The second kappa shape index (κ2) is 8.08. The second-order valence-electron chi connectivity index (χ2n) is 5.13. The lowest BCUT2D eigenvalue weighted by Crippen LogP contribution is -2.47. The highest BCUT2D eigenvalue weighted by Crippen LogP contribution is 2.20. The van der Waals surface area contributed by atoms with E-state index in [9.17, 15) is 0 Å². The lowest BCUT2D eigenvalue weighted by atomic mass is 9.97. The molecule has 0 aromatic heterocycles. The molecule has 0 bridgehead atoms. The summed E-state index contributed by atoms with van der Waals surface area (Å²) in [5.74, 6) is 0.905. The molecule has 16 heavy (non-hydrogen) atoms. The van der Waals surface area contributed by atoms with Crippen LogP contribution in [0.2, 0.25) is 0 Å². The Morgan fingerprint density at radius 2 is 1.94 bits per heavy atom. The molecule has 1 aliphatic heterocycles. The molecule has 0 aromatic rings. The number of nitrogens with one attached hydrogen (secondary N) is 1. The van der Waals surface area contributed by atoms with Crippen LogP contribution < -0.4 is 5.32 Å². The first-order chi connectivity index (χ1) is 7.81. The van der Waals surface area contributed by atoms with E-state index in [1.807, 2.05) is 0 Å². The van der Waals surface area contributed by atoms with Gasteiger partial charge in [-0.25, -0.2) is 0 Å². The summed E-state index contributed by atoms with van der Waals surface area (Å²) >= 11 is 0. The minimum absolute atomic E-state index is 0.800. The topological polar surface area (TPSA) is 15.3 Å². The normalized spacial score (nSPS) is 22.9. The maximum Gasteiger partial charge on any atom is 0.0220 e. The van der Waals surface area contributed by atoms with Crippen LogP contribution in [0.4, 0.5) is 0 Å². The highest BCUT2D eigenvalue weighted by Gasteiger charge is 2.23. The molecule has 1 saturated heterocycles. The van der Waals surface area contributed by atoms with Crippen molar-refractivity contribution in [1.29, 1.82) is 0 Å². The first-order valence-corrected chi connectivity index (χ1v) is 7.26. The number of piperidine rings is 1. The van der Waals surface area contributed by atoms with E-state index in [0.29, 0.717) is 0 Å². The summed E-state index contributed by atoms with van der Waals surface area (Å²) in [4.78, 5) is 2.74. The van der Waals surface area contributed by atoms with Crippen LogP contribution >= 0.6 is 0 Å². The first kappa shape index (κ1) is 14.0. The Kier molecular flexibility index (Phi) is 7.06. The molecule has 1 N–H and O–H groups in total. The van der Waals surface area contributed by atoms with E-state index in [4.69, 9.17) is 0 Å². The molecular weight excluding hydrogens is 196 g/mol. The van der Waals surface area contributed by atoms with Crippen molar-refractivity contribution in [1.82, 2.24) is 10.2 Å². The molecule has 0 spiro atoms. The van der Waals surface area contributed by atoms with E-state index in [1.165, 1.54) is 51.7 Å². The summed E-state index contributed by atoms with van der Waals surface area (Å²) in [7, 11) is 0. The van der Waals surface area contributed by atoms with E-state index in [0.717, 1.165) is 18.5 Å². The molecule has 1 unspecified atom stereocenters. The van der Waals surface area contributed by atoms with Gasteiger partial charge in [0.15, 0.2) is 0 Å². The van der Waals surface area contributed by atoms with Crippen molar-refractivity contribution in [3.8, 4) is 0 Å². The fraction of sp³-hybridized carbons (Fsp3) is 1.00. The van der Waals surface area contributed by atoms with Crippen molar-refractivity contribution in [2.45, 2.75) is 58.9 Å². The van der Waals surface area contributed by atoms with Crippen molar-refractivity contribution in [2.75, 3.05) is 26.2 Å². The highest BCUT2D eigenvalue weighted by molar-refractivity contribution is 4.80. The lowest BCUT2D eigenvalue weighted by Gasteiger charge is -2.37. The molecule has 1 fully saturated rings. The molecular formula is C14H30N2. The van der Waals surface area contributed by atoms with Crippen molar-refractivity contribution >= 4 is 0 Å². The molecule has 0 radical (unpaired) electrons. The van der Waals surface area contributed by atoms with Gasteiger partial charge in [0, 0.05) is 19.1 Å². The van der Waals surface area contributed by atoms with Crippen molar-refractivity contribution in [3.05, 3.63) is 0 Å². The maximum absolute atomic E-state index is 3.52. The number of likely N-dealkylation sites (tertiary alicyclic amines) is 1. The average Bonchev–Trinajstić information content (AvgIpc) is 2.34. The van der Waals surface area contributed by atoms with Gasteiger partial charge in [0.05, 0.1) is 0 Å². The van der Waals surface area contributed by atoms with Gasteiger partial charge in [0.1, 0.15) is 0 Å². The third-order valence-corrected chi connectivity index (χ3v) is 4.03. The number of hydrogen-bond acceptors (Lipinski definition) is 2. The SMILES string of the molecule is CCNCC1CCCCN1CC(CC)CC. The fourth-order valence-corrected chi connectivity index (χ4v) is 2.72. The Morgan fingerprint density at radius 3 is 2.56 bits per heavy atom. The fourth-order valence-electron chi connectivity index (χ4n) is 2.72. The number of hydrogen-bond donors (Lipinski definition) is 1. The van der Waals surface area contributed by atoms with Crippen molar-refractivity contribution in [2.24, 2.45) is 5.92 Å². The zero-order chi connectivity index (χ0) is 11.8. The van der Waals surface area contributed by atoms with Crippen LogP contribution in [0.15, 0.2) is 0 Å². The summed E-state index contributed by atoms with van der Waals surface area (Å²) in [6, 6.07) is 0.800. The second-order valence-corrected chi connectivity index (χ2v) is 5.13. The van der Waals surface area contributed by atoms with Gasteiger partial charge >= 0.3 is 0 Å². The quantitative estimate of drug-likeness (QED) is 0.718. The Morgan fingerprint density at radius 1 is 1.19 bits per heavy atom. The molecule has 1 atom stereocenters. The molecule has 1 rings (SSSR count). The third kappa shape index (κ3) is 4.42. The Balaban J connectivity index is 2.39. The monoisotopic (exact) mass is 226 g/mol. The van der Waals surface area contributed by atoms with Crippen LogP contribution in [0, 0.1) is 5.92 Å². The molecule has 2 nitrogen and oxygen atoms in total. The van der Waals surface area contributed by atoms with E-state index < -0.39 is 0 Å². The van der Waals surface area contributed by atoms with Gasteiger partial charge in [-0.2, -0.15) is 0 Å². The summed E-state index contributed by atoms with van der Waals surface area (Å²) in [6.45, 7) is 11.8. The predicted molar refractivity (Wildman–Crippen MR) is 71.8 cm³/mol. The minimum Gasteiger partial charge on any atom is -0.315 e. The van der Waals surface area contributed by atoms with Crippen LogP contribution in [0.5, 0.6) is 0 Å². The molecule has 0 aromatic carbocycles. The van der Waals surface area contributed by atoms with Crippen LogP contribution in [0.3, 0.4) is 0 Å². The zero-order valence-electron chi connectivity index (χ0n) is 11.5. The van der Waals surface area contributed by atoms with Crippen molar-refractivity contribution < 1.29 is 0 Å². The Bertz CT molecular complexity index is 166. The van der Waals surface area contributed by atoms with E-state index in [2.05, 4.69) is 31.0 Å². The molecule has 0 aliphatic carbocycles. The van der Waals surface area contributed by atoms with E-state index in [1.54, 1.807) is 0 Å². The van der Waals surface area contributed by atoms with Gasteiger partial charge in [-0.15, -0.1) is 0 Å². The van der Waals surface area contributed by atoms with E-state index >= 15 is 0 Å². The van der Waals surface area contributed by atoms with Gasteiger partial charge in [-0.05, 0) is 31.8 Å². The summed E-state index contributed by atoms with van der Waals surface area (Å²) < 4.78 is 0. The van der Waals surface area contributed by atoms with E-state index in [-0.39, 0.29) is 0 Å². The van der Waals surface area contributed by atoms with Gasteiger partial charge in [-0.3, -0.25) is 4.90 Å². The van der Waals surface area contributed by atoms with Crippen LogP contribution in [-0.2, 0) is 0 Å². The van der Waals surface area contributed by atoms with Crippen LogP contribution in [-0.4, -0.2) is 37.1 Å². The lowest BCUT2D eigenvalue weighted by molar-refractivity contribution is 0.121. The molecule has 1 heterocycles. The molecule has 1 aliphatic rings. The smallest absolute Gasteiger partial charge is 0.0220 e. The molecule has 96 valence electrons. The molecule has 2 heteroatoms. The zero-order valence-corrected chi connectivity index (χ0v) is 11.5. The standard InChI is InChI=1S/C14H30N2/c1-4-13(5-2)12-16-10-8-7-9-14(16)11-15-6-3/h13-15H,4-12H2,1-3H3. The van der Waals surface area contributed by atoms with Crippen LogP contribution in [0.25, 0.3) is 0 Å². The van der Waals surface area contributed by atoms with Crippen molar-refractivity contribution in [3.63, 3.8) is 0 Å². The number of rotatable bonds is 7. The van der Waals surface area contributed by atoms with Gasteiger partial charge < -0.3 is 5.32 Å². The minimum atomic E-state index is 0.800.